The largest absolute Gasteiger partial charge is 0.356 e. The minimum atomic E-state index is -3.05. The van der Waals surface area contributed by atoms with Gasteiger partial charge in [0.05, 0.1) is 12.5 Å². The van der Waals surface area contributed by atoms with Crippen molar-refractivity contribution in [3.63, 3.8) is 0 Å². The summed E-state index contributed by atoms with van der Waals surface area (Å²) in [5.74, 6) is 2.09. The highest BCUT2D eigenvalue weighted by molar-refractivity contribution is 14.0. The van der Waals surface area contributed by atoms with E-state index in [1.54, 1.807) is 4.31 Å². The van der Waals surface area contributed by atoms with Crippen LogP contribution in [-0.4, -0.2) is 79.4 Å². The van der Waals surface area contributed by atoms with E-state index in [2.05, 4.69) is 26.5 Å². The quantitative estimate of drug-likeness (QED) is 0.355. The van der Waals surface area contributed by atoms with Crippen molar-refractivity contribution in [3.05, 3.63) is 18.0 Å². The van der Waals surface area contributed by atoms with Crippen LogP contribution in [0.15, 0.2) is 17.4 Å². The first-order valence-electron chi connectivity index (χ1n) is 9.73. The minimum Gasteiger partial charge on any atom is -0.356 e. The molecule has 2 saturated heterocycles. The van der Waals surface area contributed by atoms with Crippen molar-refractivity contribution in [1.82, 2.24) is 24.3 Å². The highest BCUT2D eigenvalue weighted by Gasteiger charge is 2.27. The van der Waals surface area contributed by atoms with Crippen molar-refractivity contribution < 1.29 is 8.42 Å². The SMILES string of the molecule is CN=C(NCC1CCN(S(C)(=O)=O)CC1)N1CCC(Cc2cnn(C)c2)C1.I. The Morgan fingerprint density at radius 1 is 1.25 bits per heavy atom. The Bertz CT molecular complexity index is 758. The highest BCUT2D eigenvalue weighted by atomic mass is 127. The zero-order valence-electron chi connectivity index (χ0n) is 17.0. The summed E-state index contributed by atoms with van der Waals surface area (Å²) < 4.78 is 26.7. The van der Waals surface area contributed by atoms with Gasteiger partial charge in [0.25, 0.3) is 0 Å². The number of aromatic nitrogens is 2. The molecule has 2 aliphatic rings. The van der Waals surface area contributed by atoms with Gasteiger partial charge in [-0.15, -0.1) is 24.0 Å². The molecule has 3 rings (SSSR count). The van der Waals surface area contributed by atoms with Gasteiger partial charge in [-0.1, -0.05) is 0 Å². The molecule has 3 heterocycles. The number of guanidine groups is 1. The zero-order chi connectivity index (χ0) is 19.4. The van der Waals surface area contributed by atoms with Crippen LogP contribution in [0.3, 0.4) is 0 Å². The average Bonchev–Trinajstić information content (AvgIpc) is 3.25. The normalized spacial score (nSPS) is 22.3. The average molecular weight is 524 g/mol. The van der Waals surface area contributed by atoms with Crippen LogP contribution in [0.1, 0.15) is 24.8 Å². The Labute approximate surface area is 185 Å². The Balaban J connectivity index is 0.00000280. The summed E-state index contributed by atoms with van der Waals surface area (Å²) in [5, 5.41) is 7.77. The smallest absolute Gasteiger partial charge is 0.211 e. The van der Waals surface area contributed by atoms with E-state index < -0.39 is 10.0 Å². The van der Waals surface area contributed by atoms with Crippen molar-refractivity contribution in [2.24, 2.45) is 23.9 Å². The van der Waals surface area contributed by atoms with E-state index in [1.807, 2.05) is 25.0 Å². The number of piperidine rings is 1. The fourth-order valence-electron chi connectivity index (χ4n) is 4.12. The highest BCUT2D eigenvalue weighted by Crippen LogP contribution is 2.22. The van der Waals surface area contributed by atoms with Crippen LogP contribution in [0.5, 0.6) is 0 Å². The second-order valence-electron chi connectivity index (χ2n) is 7.86. The summed E-state index contributed by atoms with van der Waals surface area (Å²) in [5.41, 5.74) is 1.30. The van der Waals surface area contributed by atoms with Gasteiger partial charge >= 0.3 is 0 Å². The molecule has 0 bridgehead atoms. The number of hydrogen-bond acceptors (Lipinski definition) is 4. The summed E-state index contributed by atoms with van der Waals surface area (Å²) >= 11 is 0. The van der Waals surface area contributed by atoms with E-state index in [0.717, 1.165) is 44.9 Å². The zero-order valence-corrected chi connectivity index (χ0v) is 20.2. The summed E-state index contributed by atoms with van der Waals surface area (Å²) in [4.78, 5) is 6.80. The molecule has 8 nitrogen and oxygen atoms in total. The van der Waals surface area contributed by atoms with Crippen molar-refractivity contribution in [2.75, 3.05) is 46.0 Å². The molecule has 2 fully saturated rings. The first-order chi connectivity index (χ1) is 12.8. The molecule has 0 spiro atoms. The lowest BCUT2D eigenvalue weighted by atomic mass is 9.98. The number of hydrogen-bond donors (Lipinski definition) is 1. The van der Waals surface area contributed by atoms with E-state index in [9.17, 15) is 8.42 Å². The van der Waals surface area contributed by atoms with Crippen LogP contribution in [0.25, 0.3) is 0 Å². The van der Waals surface area contributed by atoms with E-state index in [-0.39, 0.29) is 24.0 Å². The molecular formula is C18H33IN6O2S. The topological polar surface area (TPSA) is 82.8 Å². The van der Waals surface area contributed by atoms with Gasteiger partial charge < -0.3 is 10.2 Å². The maximum atomic E-state index is 11.6. The molecule has 1 atom stereocenters. The number of aryl methyl sites for hydroxylation is 1. The predicted molar refractivity (Wildman–Crippen MR) is 123 cm³/mol. The van der Waals surface area contributed by atoms with Crippen molar-refractivity contribution in [1.29, 1.82) is 0 Å². The monoisotopic (exact) mass is 524 g/mol. The van der Waals surface area contributed by atoms with E-state index in [0.29, 0.717) is 24.9 Å². The van der Waals surface area contributed by atoms with Crippen LogP contribution >= 0.6 is 24.0 Å². The summed E-state index contributed by atoms with van der Waals surface area (Å²) in [7, 11) is 0.738. The molecule has 1 N–H and O–H groups in total. The lowest BCUT2D eigenvalue weighted by Crippen LogP contribution is -2.45. The molecule has 0 aliphatic carbocycles. The molecule has 1 unspecified atom stereocenters. The van der Waals surface area contributed by atoms with Gasteiger partial charge in [0.15, 0.2) is 5.96 Å². The first-order valence-corrected chi connectivity index (χ1v) is 11.6. The maximum Gasteiger partial charge on any atom is 0.211 e. The molecule has 0 amide bonds. The maximum absolute atomic E-state index is 11.6. The second-order valence-corrected chi connectivity index (χ2v) is 9.84. The standard InChI is InChI=1S/C18H32N6O2S.HI/c1-19-18(20-11-15-5-8-24(9-6-15)27(3,25)26)23-7-4-16(14-23)10-17-12-21-22(2)13-17;/h12-13,15-16H,4-11,14H2,1-3H3,(H,19,20);1H. The fourth-order valence-corrected chi connectivity index (χ4v) is 4.99. The summed E-state index contributed by atoms with van der Waals surface area (Å²) in [6.45, 7) is 4.15. The number of sulfonamides is 1. The number of aliphatic imine (C=N–C) groups is 1. The number of nitrogens with zero attached hydrogens (tertiary/aromatic N) is 5. The molecule has 1 aromatic heterocycles. The summed E-state index contributed by atoms with van der Waals surface area (Å²) in [6.07, 6.45) is 9.38. The molecule has 160 valence electrons. The van der Waals surface area contributed by atoms with Crippen LogP contribution in [-0.2, 0) is 23.5 Å². The number of nitrogens with one attached hydrogen (secondary N) is 1. The molecule has 0 aromatic carbocycles. The second kappa shape index (κ2) is 10.2. The Hall–Kier alpha value is -0.880. The van der Waals surface area contributed by atoms with Gasteiger partial charge in [-0.05, 0) is 43.1 Å². The third-order valence-electron chi connectivity index (χ3n) is 5.67. The number of likely N-dealkylation sites (tertiary alicyclic amines) is 1. The third-order valence-corrected chi connectivity index (χ3v) is 6.97. The van der Waals surface area contributed by atoms with Crippen molar-refractivity contribution >= 4 is 40.0 Å². The van der Waals surface area contributed by atoms with Crippen LogP contribution < -0.4 is 5.32 Å². The van der Waals surface area contributed by atoms with Crippen LogP contribution in [0, 0.1) is 11.8 Å². The molecule has 28 heavy (non-hydrogen) atoms. The predicted octanol–water partition coefficient (Wildman–Crippen LogP) is 1.15. The Morgan fingerprint density at radius 2 is 1.93 bits per heavy atom. The first kappa shape index (κ1) is 23.4. The van der Waals surface area contributed by atoms with Crippen LogP contribution in [0.4, 0.5) is 0 Å². The fraction of sp³-hybridized carbons (Fsp3) is 0.778. The van der Waals surface area contributed by atoms with E-state index >= 15 is 0 Å². The van der Waals surface area contributed by atoms with E-state index in [1.165, 1.54) is 18.2 Å². The third kappa shape index (κ3) is 6.31. The lowest BCUT2D eigenvalue weighted by molar-refractivity contribution is 0.273. The lowest BCUT2D eigenvalue weighted by Gasteiger charge is -2.31. The Kier molecular flexibility index (Phi) is 8.56. The van der Waals surface area contributed by atoms with Gasteiger partial charge in [-0.2, -0.15) is 5.10 Å². The number of halogens is 1. The van der Waals surface area contributed by atoms with Gasteiger partial charge in [-0.3, -0.25) is 9.67 Å². The molecule has 1 aromatic rings. The van der Waals surface area contributed by atoms with Gasteiger partial charge in [0.2, 0.25) is 10.0 Å². The van der Waals surface area contributed by atoms with E-state index in [4.69, 9.17) is 0 Å². The molecule has 10 heteroatoms. The van der Waals surface area contributed by atoms with Gasteiger partial charge in [0, 0.05) is 53.0 Å². The van der Waals surface area contributed by atoms with Gasteiger partial charge in [0.1, 0.15) is 0 Å². The number of rotatable bonds is 5. The minimum absolute atomic E-state index is 0. The molecule has 2 aliphatic heterocycles. The molecular weight excluding hydrogens is 491 g/mol. The van der Waals surface area contributed by atoms with Gasteiger partial charge in [-0.25, -0.2) is 12.7 Å². The van der Waals surface area contributed by atoms with Crippen molar-refractivity contribution in [3.8, 4) is 0 Å². The van der Waals surface area contributed by atoms with Crippen molar-refractivity contribution in [2.45, 2.75) is 25.7 Å². The van der Waals surface area contributed by atoms with Crippen LogP contribution in [0.2, 0.25) is 0 Å². The summed E-state index contributed by atoms with van der Waals surface area (Å²) in [6, 6.07) is 0. The Morgan fingerprint density at radius 3 is 2.50 bits per heavy atom. The molecule has 0 radical (unpaired) electrons. The molecule has 0 saturated carbocycles.